The van der Waals surface area contributed by atoms with Gasteiger partial charge in [-0.3, -0.25) is 4.90 Å². The molecule has 1 aromatic rings. The summed E-state index contributed by atoms with van der Waals surface area (Å²) < 4.78 is 18.3. The summed E-state index contributed by atoms with van der Waals surface area (Å²) in [6, 6.07) is 6.07. The molecular formula is C15H22FNO2. The van der Waals surface area contributed by atoms with E-state index in [1.165, 1.54) is 12.1 Å². The van der Waals surface area contributed by atoms with E-state index < -0.39 is 5.60 Å². The average Bonchev–Trinajstić information content (AvgIpc) is 2.80. The summed E-state index contributed by atoms with van der Waals surface area (Å²) in [6.07, 6.45) is 1.03. The number of rotatable bonds is 5. The average molecular weight is 267 g/mol. The van der Waals surface area contributed by atoms with Crippen molar-refractivity contribution >= 4 is 0 Å². The van der Waals surface area contributed by atoms with E-state index in [1.54, 1.807) is 12.1 Å². The molecule has 1 aliphatic heterocycles. The van der Waals surface area contributed by atoms with Gasteiger partial charge in [0.05, 0.1) is 5.60 Å². The molecule has 0 bridgehead atoms. The third-order valence-electron chi connectivity index (χ3n) is 3.76. The van der Waals surface area contributed by atoms with Gasteiger partial charge in [0, 0.05) is 19.0 Å². The van der Waals surface area contributed by atoms with Gasteiger partial charge in [0.25, 0.3) is 0 Å². The van der Waals surface area contributed by atoms with Crippen LogP contribution in [0, 0.1) is 11.7 Å². The van der Waals surface area contributed by atoms with Crippen LogP contribution in [0.15, 0.2) is 24.3 Å². The van der Waals surface area contributed by atoms with Crippen molar-refractivity contribution in [3.8, 4) is 5.75 Å². The van der Waals surface area contributed by atoms with Crippen molar-refractivity contribution in [3.05, 3.63) is 30.1 Å². The first kappa shape index (κ1) is 14.3. The molecule has 1 aromatic carbocycles. The van der Waals surface area contributed by atoms with Crippen LogP contribution in [0.2, 0.25) is 0 Å². The van der Waals surface area contributed by atoms with E-state index in [4.69, 9.17) is 4.74 Å². The standard InChI is InChI=1S/C15H22FNO2/c1-15(2,18)12-7-8-17(11-12)9-10-19-14-5-3-13(16)4-6-14/h3-6,12,18H,7-11H2,1-2H3/t12-/m0/s1. The van der Waals surface area contributed by atoms with Gasteiger partial charge >= 0.3 is 0 Å². The highest BCUT2D eigenvalue weighted by Gasteiger charge is 2.33. The minimum absolute atomic E-state index is 0.250. The highest BCUT2D eigenvalue weighted by molar-refractivity contribution is 5.21. The first-order chi connectivity index (χ1) is 8.95. The second-order valence-electron chi connectivity index (χ2n) is 5.74. The smallest absolute Gasteiger partial charge is 0.123 e. The quantitative estimate of drug-likeness (QED) is 0.888. The van der Waals surface area contributed by atoms with Crippen molar-refractivity contribution < 1.29 is 14.2 Å². The Labute approximate surface area is 114 Å². The summed E-state index contributed by atoms with van der Waals surface area (Å²) in [5.41, 5.74) is -0.605. The fourth-order valence-corrected chi connectivity index (χ4v) is 2.44. The number of hydrogen-bond donors (Lipinski definition) is 1. The number of hydrogen-bond acceptors (Lipinski definition) is 3. The summed E-state index contributed by atoms with van der Waals surface area (Å²) >= 11 is 0. The SMILES string of the molecule is CC(C)(O)[C@H]1CCN(CCOc2ccc(F)cc2)C1. The van der Waals surface area contributed by atoms with Crippen LogP contribution in [0.4, 0.5) is 4.39 Å². The Morgan fingerprint density at radius 2 is 2.05 bits per heavy atom. The third kappa shape index (κ3) is 4.18. The molecule has 0 aliphatic carbocycles. The zero-order valence-electron chi connectivity index (χ0n) is 11.6. The Bertz CT molecular complexity index is 400. The molecule has 106 valence electrons. The number of nitrogens with zero attached hydrogens (tertiary/aromatic N) is 1. The molecule has 1 aliphatic rings. The lowest BCUT2D eigenvalue weighted by Gasteiger charge is -2.25. The number of likely N-dealkylation sites (tertiary alicyclic amines) is 1. The Hall–Kier alpha value is -1.13. The maximum atomic E-state index is 12.7. The van der Waals surface area contributed by atoms with Crippen LogP contribution >= 0.6 is 0 Å². The highest BCUT2D eigenvalue weighted by Crippen LogP contribution is 2.26. The molecule has 1 fully saturated rings. The predicted molar refractivity (Wildman–Crippen MR) is 72.7 cm³/mol. The first-order valence-corrected chi connectivity index (χ1v) is 6.78. The summed E-state index contributed by atoms with van der Waals surface area (Å²) in [6.45, 7) is 7.08. The van der Waals surface area contributed by atoms with Crippen molar-refractivity contribution in [2.24, 2.45) is 5.92 Å². The van der Waals surface area contributed by atoms with E-state index in [-0.39, 0.29) is 5.82 Å². The number of ether oxygens (including phenoxy) is 1. The van der Waals surface area contributed by atoms with Crippen molar-refractivity contribution in [3.63, 3.8) is 0 Å². The van der Waals surface area contributed by atoms with Crippen LogP contribution in [0.25, 0.3) is 0 Å². The van der Waals surface area contributed by atoms with Crippen molar-refractivity contribution in [1.82, 2.24) is 4.90 Å². The first-order valence-electron chi connectivity index (χ1n) is 6.78. The molecule has 4 heteroatoms. The Morgan fingerprint density at radius 3 is 2.63 bits per heavy atom. The molecule has 19 heavy (non-hydrogen) atoms. The van der Waals surface area contributed by atoms with Gasteiger partial charge in [0.1, 0.15) is 18.2 Å². The molecule has 0 aromatic heterocycles. The van der Waals surface area contributed by atoms with E-state index in [1.807, 2.05) is 13.8 Å². The molecule has 0 spiro atoms. The monoisotopic (exact) mass is 267 g/mol. The highest BCUT2D eigenvalue weighted by atomic mass is 19.1. The number of halogens is 1. The summed E-state index contributed by atoms with van der Waals surface area (Å²) in [5, 5.41) is 9.97. The van der Waals surface area contributed by atoms with Crippen molar-refractivity contribution in [1.29, 1.82) is 0 Å². The van der Waals surface area contributed by atoms with Gasteiger partial charge in [-0.05, 0) is 51.1 Å². The van der Waals surface area contributed by atoms with Gasteiger partial charge in [0.15, 0.2) is 0 Å². The third-order valence-corrected chi connectivity index (χ3v) is 3.76. The fraction of sp³-hybridized carbons (Fsp3) is 0.600. The lowest BCUT2D eigenvalue weighted by Crippen LogP contribution is -2.34. The van der Waals surface area contributed by atoms with E-state index in [0.29, 0.717) is 18.3 Å². The van der Waals surface area contributed by atoms with Gasteiger partial charge in [-0.1, -0.05) is 0 Å². The Balaban J connectivity index is 1.71. The molecule has 1 N–H and O–H groups in total. The molecule has 0 radical (unpaired) electrons. The minimum Gasteiger partial charge on any atom is -0.492 e. The molecule has 3 nitrogen and oxygen atoms in total. The zero-order valence-corrected chi connectivity index (χ0v) is 11.6. The van der Waals surface area contributed by atoms with Gasteiger partial charge in [-0.15, -0.1) is 0 Å². The van der Waals surface area contributed by atoms with E-state index in [9.17, 15) is 9.50 Å². The summed E-state index contributed by atoms with van der Waals surface area (Å²) in [5.74, 6) is 0.776. The van der Waals surface area contributed by atoms with Crippen LogP contribution in [0.3, 0.4) is 0 Å². The van der Waals surface area contributed by atoms with Crippen LogP contribution in [0.1, 0.15) is 20.3 Å². The van der Waals surface area contributed by atoms with Crippen molar-refractivity contribution in [2.75, 3.05) is 26.2 Å². The topological polar surface area (TPSA) is 32.7 Å². The van der Waals surface area contributed by atoms with E-state index in [0.717, 1.165) is 26.1 Å². The molecule has 0 amide bonds. The molecule has 1 atom stereocenters. The van der Waals surface area contributed by atoms with Crippen molar-refractivity contribution in [2.45, 2.75) is 25.9 Å². The molecule has 2 rings (SSSR count). The lowest BCUT2D eigenvalue weighted by atomic mass is 9.90. The number of benzene rings is 1. The lowest BCUT2D eigenvalue weighted by molar-refractivity contribution is 0.0206. The Morgan fingerprint density at radius 1 is 1.37 bits per heavy atom. The van der Waals surface area contributed by atoms with Crippen LogP contribution in [0.5, 0.6) is 5.75 Å². The predicted octanol–water partition coefficient (Wildman–Crippen LogP) is 2.30. The Kier molecular flexibility index (Phi) is 4.42. The fourth-order valence-electron chi connectivity index (χ4n) is 2.44. The van der Waals surface area contributed by atoms with Crippen LogP contribution in [-0.2, 0) is 0 Å². The van der Waals surface area contributed by atoms with Crippen LogP contribution < -0.4 is 4.74 Å². The molecular weight excluding hydrogens is 245 g/mol. The maximum absolute atomic E-state index is 12.7. The van der Waals surface area contributed by atoms with Gasteiger partial charge in [0.2, 0.25) is 0 Å². The second-order valence-corrected chi connectivity index (χ2v) is 5.74. The summed E-state index contributed by atoms with van der Waals surface area (Å²) in [7, 11) is 0. The zero-order chi connectivity index (χ0) is 13.9. The van der Waals surface area contributed by atoms with Gasteiger partial charge < -0.3 is 9.84 Å². The maximum Gasteiger partial charge on any atom is 0.123 e. The van der Waals surface area contributed by atoms with Gasteiger partial charge in [-0.25, -0.2) is 4.39 Å². The van der Waals surface area contributed by atoms with E-state index in [2.05, 4.69) is 4.90 Å². The molecule has 0 unspecified atom stereocenters. The molecule has 1 heterocycles. The number of aliphatic hydroxyl groups is 1. The van der Waals surface area contributed by atoms with E-state index >= 15 is 0 Å². The second kappa shape index (κ2) is 5.88. The molecule has 1 saturated heterocycles. The molecule has 0 saturated carbocycles. The minimum atomic E-state index is -0.605. The summed E-state index contributed by atoms with van der Waals surface area (Å²) in [4.78, 5) is 2.30. The normalized spacial score (nSPS) is 20.7. The van der Waals surface area contributed by atoms with Gasteiger partial charge in [-0.2, -0.15) is 0 Å². The van der Waals surface area contributed by atoms with Crippen LogP contribution in [-0.4, -0.2) is 41.8 Å². The largest absolute Gasteiger partial charge is 0.492 e.